The molecule has 3 amide bonds. The van der Waals surface area contributed by atoms with Crippen LogP contribution in [0.5, 0.6) is 6.08 Å². The van der Waals surface area contributed by atoms with Gasteiger partial charge in [-0.25, -0.2) is 8.42 Å². The summed E-state index contributed by atoms with van der Waals surface area (Å²) >= 11 is 0. The zero-order valence-corrected chi connectivity index (χ0v) is 29.3. The first-order valence-corrected chi connectivity index (χ1v) is 19.0. The molecule has 2 saturated carbocycles. The van der Waals surface area contributed by atoms with E-state index in [-0.39, 0.29) is 37.6 Å². The molecule has 7 rings (SSSR count). The van der Waals surface area contributed by atoms with Gasteiger partial charge in [0.15, 0.2) is 5.58 Å². The van der Waals surface area contributed by atoms with Gasteiger partial charge in [0.1, 0.15) is 29.2 Å². The number of nitrogens with zero attached hydrogens (tertiary/aromatic N) is 2. The number of allylic oxidation sites excluding steroid dienone is 1. The number of hydrogen-bond acceptors (Lipinski definition) is 9. The summed E-state index contributed by atoms with van der Waals surface area (Å²) in [4.78, 5) is 48.1. The molecule has 1 saturated heterocycles. The molecule has 0 bridgehead atoms. The monoisotopic (exact) mass is 743 g/mol. The highest BCUT2D eigenvalue weighted by molar-refractivity contribution is 7.91. The van der Waals surface area contributed by atoms with Crippen molar-refractivity contribution < 1.29 is 45.1 Å². The number of hydrogen-bond donors (Lipinski definition) is 3. The molecule has 0 unspecified atom stereocenters. The summed E-state index contributed by atoms with van der Waals surface area (Å²) in [6.07, 6.45) is 2.15. The number of nitrogens with one attached hydrogen (secondary N) is 3. The number of para-hydroxylation sites is 2. The Kier molecular flexibility index (Phi) is 9.24. The van der Waals surface area contributed by atoms with E-state index in [0.717, 1.165) is 18.6 Å². The van der Waals surface area contributed by atoms with Crippen LogP contribution in [0, 0.1) is 5.92 Å². The highest BCUT2D eigenvalue weighted by Gasteiger charge is 2.63. The van der Waals surface area contributed by atoms with Crippen LogP contribution in [-0.4, -0.2) is 71.0 Å². The largest absolute Gasteiger partial charge is 0.445 e. The second kappa shape index (κ2) is 13.4. The first-order valence-electron chi connectivity index (χ1n) is 17.5. The van der Waals surface area contributed by atoms with Crippen LogP contribution in [0.25, 0.3) is 11.1 Å². The van der Waals surface area contributed by atoms with E-state index in [2.05, 4.69) is 20.3 Å². The molecular weight excluding hydrogens is 703 g/mol. The highest BCUT2D eigenvalue weighted by atomic mass is 32.2. The van der Waals surface area contributed by atoms with E-state index >= 15 is 0 Å². The van der Waals surface area contributed by atoms with Crippen LogP contribution in [0.4, 0.5) is 18.9 Å². The minimum absolute atomic E-state index is 0.0266. The number of halogens is 3. The van der Waals surface area contributed by atoms with Crippen molar-refractivity contribution in [2.24, 2.45) is 5.92 Å². The summed E-state index contributed by atoms with van der Waals surface area (Å²) in [5.74, 6) is -2.54. The van der Waals surface area contributed by atoms with E-state index in [4.69, 9.17) is 9.15 Å². The van der Waals surface area contributed by atoms with Gasteiger partial charge in [-0.1, -0.05) is 43.2 Å². The maximum Gasteiger partial charge on any atom is 0.416 e. The van der Waals surface area contributed by atoms with Crippen molar-refractivity contribution in [1.29, 1.82) is 0 Å². The third-order valence-electron chi connectivity index (χ3n) is 10.5. The van der Waals surface area contributed by atoms with Crippen LogP contribution in [0.2, 0.25) is 0 Å². The fraction of sp³-hybridized carbons (Fsp3) is 0.500. The van der Waals surface area contributed by atoms with Gasteiger partial charge in [0.2, 0.25) is 21.8 Å². The number of rotatable bonds is 7. The molecule has 0 radical (unpaired) electrons. The lowest BCUT2D eigenvalue weighted by Gasteiger charge is -2.30. The SMILES string of the molecule is CC1(S(=O)(=O)NC(=O)[C@@]23C[C@H]2C=CCCCCC[C@H](Nc2cccc(C(F)(F)F)c2)C(=O)N2C[C@H](Oc4nc5ccccc5o4)C[C@H]2C(=O)N3)CC1. The number of amides is 3. The molecule has 3 fully saturated rings. The number of sulfonamides is 1. The molecule has 3 heterocycles. The molecule has 5 atom stereocenters. The zero-order valence-electron chi connectivity index (χ0n) is 28.4. The van der Waals surface area contributed by atoms with Crippen LogP contribution in [0.1, 0.15) is 70.3 Å². The number of aromatic nitrogens is 1. The van der Waals surface area contributed by atoms with E-state index < -0.39 is 73.9 Å². The van der Waals surface area contributed by atoms with Gasteiger partial charge in [0.05, 0.1) is 16.9 Å². The van der Waals surface area contributed by atoms with Crippen LogP contribution in [0.15, 0.2) is 65.1 Å². The zero-order chi connectivity index (χ0) is 36.9. The van der Waals surface area contributed by atoms with Crippen molar-refractivity contribution in [3.8, 4) is 6.08 Å². The molecule has 2 aliphatic carbocycles. The number of fused-ring (bicyclic) bond motifs is 3. The van der Waals surface area contributed by atoms with Crippen LogP contribution in [-0.2, 0) is 30.6 Å². The summed E-state index contributed by atoms with van der Waals surface area (Å²) in [7, 11) is -4.02. The predicted octanol–water partition coefficient (Wildman–Crippen LogP) is 5.07. The first kappa shape index (κ1) is 35.8. The van der Waals surface area contributed by atoms with Crippen LogP contribution in [0.3, 0.4) is 0 Å². The van der Waals surface area contributed by atoms with E-state index in [1.165, 1.54) is 17.0 Å². The topological polar surface area (TPSA) is 160 Å². The third-order valence-corrected chi connectivity index (χ3v) is 12.7. The molecule has 2 aliphatic heterocycles. The number of ether oxygens (including phenoxy) is 1. The minimum atomic E-state index is -4.59. The van der Waals surface area contributed by atoms with Gasteiger partial charge < -0.3 is 24.7 Å². The second-order valence-electron chi connectivity index (χ2n) is 14.4. The van der Waals surface area contributed by atoms with Gasteiger partial charge in [-0.3, -0.25) is 19.1 Å². The Labute approximate surface area is 298 Å². The van der Waals surface area contributed by atoms with Crippen molar-refractivity contribution >= 4 is 44.5 Å². The Hall–Kier alpha value is -4.60. The number of alkyl halides is 3. The summed E-state index contributed by atoms with van der Waals surface area (Å²) in [5, 5.41) is 5.81. The van der Waals surface area contributed by atoms with Gasteiger partial charge >= 0.3 is 12.3 Å². The fourth-order valence-corrected chi connectivity index (χ4v) is 8.29. The molecule has 3 aromatic rings. The van der Waals surface area contributed by atoms with E-state index in [9.17, 15) is 36.0 Å². The Balaban J connectivity index is 1.19. The Morgan fingerprint density at radius 1 is 1.10 bits per heavy atom. The molecule has 52 heavy (non-hydrogen) atoms. The molecule has 3 N–H and O–H groups in total. The molecule has 4 aliphatic rings. The number of carbonyl (C=O) groups is 3. The van der Waals surface area contributed by atoms with Gasteiger partial charge in [0.25, 0.3) is 5.91 Å². The Morgan fingerprint density at radius 2 is 1.88 bits per heavy atom. The van der Waals surface area contributed by atoms with Crippen molar-refractivity contribution in [2.75, 3.05) is 11.9 Å². The molecule has 16 heteroatoms. The van der Waals surface area contributed by atoms with E-state index in [1.54, 1.807) is 31.2 Å². The molecule has 0 spiro atoms. The summed E-state index contributed by atoms with van der Waals surface area (Å²) < 4.78 is 79.8. The lowest BCUT2D eigenvalue weighted by atomic mass is 10.0. The lowest BCUT2D eigenvalue weighted by molar-refractivity contribution is -0.140. The Morgan fingerprint density at radius 3 is 2.63 bits per heavy atom. The van der Waals surface area contributed by atoms with Crippen molar-refractivity contribution in [3.63, 3.8) is 0 Å². The summed E-state index contributed by atoms with van der Waals surface area (Å²) in [6, 6.07) is 9.41. The standard InChI is InChI=1S/C36H40F3N5O7S/c1-34(16-17-34)52(48,49)43-32(47)35-20-23(35)10-5-3-2-4-6-14-27(40-24-12-9-11-22(18-24)36(37,38)39)31(46)44-21-25(19-28(44)30(45)42-35)50-33-41-26-13-7-8-15-29(26)51-33/h5,7-13,15,18,23,25,27-28,40H,2-4,6,14,16-17,19-21H2,1H3,(H,42,45)(H,43,47)/t23-,25-,27+,28+,35-/m1/s1. The Bertz CT molecular complexity index is 1980. The van der Waals surface area contributed by atoms with Gasteiger partial charge in [0, 0.05) is 18.0 Å². The number of carbonyl (C=O) groups excluding carboxylic acids is 3. The number of oxazole rings is 1. The average molecular weight is 744 g/mol. The minimum Gasteiger partial charge on any atom is -0.445 e. The van der Waals surface area contributed by atoms with Crippen LogP contribution >= 0.6 is 0 Å². The molecular formula is C36H40F3N5O7S. The van der Waals surface area contributed by atoms with Gasteiger partial charge in [-0.05, 0) is 75.8 Å². The maximum atomic E-state index is 14.4. The lowest BCUT2D eigenvalue weighted by Crippen LogP contribution is -2.58. The normalized spacial score (nSPS) is 27.8. The number of benzene rings is 2. The first-order chi connectivity index (χ1) is 24.7. The third kappa shape index (κ3) is 7.21. The van der Waals surface area contributed by atoms with E-state index in [0.29, 0.717) is 43.2 Å². The van der Waals surface area contributed by atoms with Gasteiger partial charge in [-0.15, -0.1) is 0 Å². The average Bonchev–Trinajstić information content (AvgIpc) is 3.90. The molecule has 12 nitrogen and oxygen atoms in total. The fourth-order valence-electron chi connectivity index (χ4n) is 6.98. The summed E-state index contributed by atoms with van der Waals surface area (Å²) in [5.41, 5.74) is -1.33. The smallest absolute Gasteiger partial charge is 0.416 e. The van der Waals surface area contributed by atoms with Gasteiger partial charge in [-0.2, -0.15) is 18.2 Å². The maximum absolute atomic E-state index is 14.4. The van der Waals surface area contributed by atoms with Crippen molar-refractivity contribution in [3.05, 3.63) is 66.2 Å². The number of anilines is 1. The molecule has 2 aromatic carbocycles. The second-order valence-corrected chi connectivity index (χ2v) is 16.6. The highest BCUT2D eigenvalue weighted by Crippen LogP contribution is 2.47. The van der Waals surface area contributed by atoms with Crippen LogP contribution < -0.4 is 20.1 Å². The summed E-state index contributed by atoms with van der Waals surface area (Å²) in [6.45, 7) is 1.47. The van der Waals surface area contributed by atoms with E-state index in [1.807, 2.05) is 12.2 Å². The van der Waals surface area contributed by atoms with Crippen molar-refractivity contribution in [1.82, 2.24) is 19.9 Å². The quantitative estimate of drug-likeness (QED) is 0.281. The predicted molar refractivity (Wildman–Crippen MR) is 183 cm³/mol. The molecule has 1 aromatic heterocycles. The molecule has 278 valence electrons. The van der Waals surface area contributed by atoms with Crippen molar-refractivity contribution in [2.45, 2.75) is 99.4 Å².